The number of nitrogens with two attached hydrogens (primary N) is 1. The van der Waals surface area contributed by atoms with E-state index in [1.54, 1.807) is 4.68 Å². The highest BCUT2D eigenvalue weighted by molar-refractivity contribution is 6.38. The molecule has 9 heteroatoms. The average molecular weight is 483 g/mol. The summed E-state index contributed by atoms with van der Waals surface area (Å²) in [5.74, 6) is 0.534. The van der Waals surface area contributed by atoms with Crippen LogP contribution in [0, 0.1) is 11.3 Å². The molecule has 5 aromatic rings. The van der Waals surface area contributed by atoms with Crippen LogP contribution in [0.3, 0.4) is 0 Å². The molecule has 3 N–H and O–H groups in total. The molecule has 174 valence electrons. The van der Waals surface area contributed by atoms with Crippen LogP contribution in [0.2, 0.25) is 5.02 Å². The predicted molar refractivity (Wildman–Crippen MR) is 137 cm³/mol. The zero-order valence-electron chi connectivity index (χ0n) is 19.2. The molecule has 0 bridgehead atoms. The molecule has 4 heterocycles. The number of piperidine rings is 1. The van der Waals surface area contributed by atoms with Crippen LogP contribution in [0.25, 0.3) is 33.1 Å². The molecule has 0 unspecified atom stereocenters. The maximum absolute atomic E-state index is 9.99. The van der Waals surface area contributed by atoms with Crippen molar-refractivity contribution in [2.75, 3.05) is 18.0 Å². The number of rotatable bonds is 3. The summed E-state index contributed by atoms with van der Waals surface area (Å²) in [7, 11) is 1.86. The van der Waals surface area contributed by atoms with Gasteiger partial charge in [-0.25, -0.2) is 4.98 Å². The van der Waals surface area contributed by atoms with Gasteiger partial charge in [0.25, 0.3) is 0 Å². The lowest BCUT2D eigenvalue weighted by Crippen LogP contribution is -2.48. The fourth-order valence-corrected chi connectivity index (χ4v) is 5.32. The number of aryl methyl sites for hydroxylation is 1. The first kappa shape index (κ1) is 21.6. The minimum Gasteiger partial charge on any atom is -0.345 e. The quantitative estimate of drug-likeness (QED) is 0.391. The van der Waals surface area contributed by atoms with Crippen molar-refractivity contribution in [3.05, 3.63) is 71.1 Å². The SMILES string of the molecule is Cn1cc2c(Cl)c(-c3c[nH]c4nc(N5CCC(N)(c6ccccc6)CC5)nc(C#N)c34)ccc2n1. The summed E-state index contributed by atoms with van der Waals surface area (Å²) in [5.41, 5.74) is 10.9. The van der Waals surface area contributed by atoms with Crippen LogP contribution in [-0.2, 0) is 12.6 Å². The minimum atomic E-state index is -0.374. The molecule has 0 amide bonds. The third-order valence-electron chi connectivity index (χ3n) is 6.94. The van der Waals surface area contributed by atoms with E-state index >= 15 is 0 Å². The Labute approximate surface area is 207 Å². The first-order chi connectivity index (χ1) is 17.0. The summed E-state index contributed by atoms with van der Waals surface area (Å²) in [6.07, 6.45) is 5.27. The van der Waals surface area contributed by atoms with Crippen LogP contribution in [0.4, 0.5) is 5.95 Å². The van der Waals surface area contributed by atoms with E-state index in [1.807, 2.05) is 49.8 Å². The highest BCUT2D eigenvalue weighted by atomic mass is 35.5. The van der Waals surface area contributed by atoms with E-state index < -0.39 is 0 Å². The van der Waals surface area contributed by atoms with Gasteiger partial charge >= 0.3 is 0 Å². The molecule has 8 nitrogen and oxygen atoms in total. The molecule has 0 aliphatic carbocycles. The second kappa shape index (κ2) is 8.08. The van der Waals surface area contributed by atoms with Crippen LogP contribution in [0.5, 0.6) is 0 Å². The van der Waals surface area contributed by atoms with Gasteiger partial charge < -0.3 is 15.6 Å². The smallest absolute Gasteiger partial charge is 0.228 e. The molecule has 0 saturated carbocycles. The van der Waals surface area contributed by atoms with Crippen molar-refractivity contribution >= 4 is 39.5 Å². The fourth-order valence-electron chi connectivity index (χ4n) is 5.01. The van der Waals surface area contributed by atoms with Crippen molar-refractivity contribution in [3.8, 4) is 17.2 Å². The number of nitrogens with one attached hydrogen (secondary N) is 1. The number of halogens is 1. The predicted octanol–water partition coefficient (Wildman–Crippen LogP) is 4.49. The highest BCUT2D eigenvalue weighted by Gasteiger charge is 2.33. The maximum atomic E-state index is 9.99. The Hall–Kier alpha value is -3.93. The summed E-state index contributed by atoms with van der Waals surface area (Å²) >= 11 is 6.76. The summed E-state index contributed by atoms with van der Waals surface area (Å²) in [5, 5.41) is 16.5. The lowest BCUT2D eigenvalue weighted by molar-refractivity contribution is 0.340. The first-order valence-corrected chi connectivity index (χ1v) is 11.9. The van der Waals surface area contributed by atoms with Gasteiger partial charge in [0.05, 0.1) is 15.9 Å². The van der Waals surface area contributed by atoms with Gasteiger partial charge in [-0.2, -0.15) is 15.3 Å². The number of H-pyrrole nitrogens is 1. The standard InChI is InChI=1S/C26H23ClN8/c1-34-15-19-20(33-34)8-7-17(23(19)27)18-14-30-24-22(18)21(13-28)31-25(32-24)35-11-9-26(29,10-12-35)16-5-3-2-4-6-16/h2-8,14-15H,9-12,29H2,1H3,(H,30,31,32). The molecule has 1 fully saturated rings. The Morgan fingerprint density at radius 2 is 1.86 bits per heavy atom. The lowest BCUT2D eigenvalue weighted by Gasteiger charge is -2.39. The number of hydrogen-bond acceptors (Lipinski definition) is 6. The minimum absolute atomic E-state index is 0.316. The van der Waals surface area contributed by atoms with Crippen LogP contribution in [0.1, 0.15) is 24.1 Å². The molecular weight excluding hydrogens is 460 g/mol. The second-order valence-electron chi connectivity index (χ2n) is 9.08. The molecule has 2 aromatic carbocycles. The summed E-state index contributed by atoms with van der Waals surface area (Å²) in [6, 6.07) is 16.3. The maximum Gasteiger partial charge on any atom is 0.228 e. The lowest BCUT2D eigenvalue weighted by atomic mass is 9.82. The van der Waals surface area contributed by atoms with Crippen LogP contribution in [-0.4, -0.2) is 37.8 Å². The van der Waals surface area contributed by atoms with Gasteiger partial charge in [-0.1, -0.05) is 48.0 Å². The van der Waals surface area contributed by atoms with Crippen LogP contribution < -0.4 is 10.6 Å². The van der Waals surface area contributed by atoms with Crippen molar-refractivity contribution < 1.29 is 0 Å². The molecule has 0 spiro atoms. The average Bonchev–Trinajstić information content (AvgIpc) is 3.48. The normalized spacial score (nSPS) is 15.5. The molecule has 1 aliphatic heterocycles. The molecule has 1 aliphatic rings. The summed E-state index contributed by atoms with van der Waals surface area (Å²) in [6.45, 7) is 1.41. The third-order valence-corrected chi connectivity index (χ3v) is 7.35. The monoisotopic (exact) mass is 482 g/mol. The van der Waals surface area contributed by atoms with Crippen molar-refractivity contribution in [1.82, 2.24) is 24.7 Å². The number of aromatic amines is 1. The van der Waals surface area contributed by atoms with E-state index in [-0.39, 0.29) is 5.54 Å². The Balaban J connectivity index is 1.36. The van der Waals surface area contributed by atoms with Gasteiger partial charge in [0.15, 0.2) is 5.69 Å². The van der Waals surface area contributed by atoms with Crippen LogP contribution >= 0.6 is 11.6 Å². The zero-order chi connectivity index (χ0) is 24.2. The molecular formula is C26H23ClN8. The van der Waals surface area contributed by atoms with Crippen molar-refractivity contribution in [1.29, 1.82) is 5.26 Å². The first-order valence-electron chi connectivity index (χ1n) is 11.5. The highest BCUT2D eigenvalue weighted by Crippen LogP contribution is 2.39. The summed E-state index contributed by atoms with van der Waals surface area (Å²) in [4.78, 5) is 14.8. The number of nitrogens with zero attached hydrogens (tertiary/aromatic N) is 6. The third kappa shape index (κ3) is 3.52. The topological polar surface area (TPSA) is 112 Å². The number of aromatic nitrogens is 5. The van der Waals surface area contributed by atoms with Gasteiger partial charge in [0.2, 0.25) is 5.95 Å². The zero-order valence-corrected chi connectivity index (χ0v) is 19.9. The molecule has 6 rings (SSSR count). The van der Waals surface area contributed by atoms with E-state index in [0.29, 0.717) is 40.8 Å². The van der Waals surface area contributed by atoms with Crippen molar-refractivity contribution in [2.24, 2.45) is 12.8 Å². The molecule has 3 aromatic heterocycles. The van der Waals surface area contributed by atoms with Gasteiger partial charge in [0, 0.05) is 54.6 Å². The van der Waals surface area contributed by atoms with Crippen molar-refractivity contribution in [3.63, 3.8) is 0 Å². The number of benzene rings is 2. The van der Waals surface area contributed by atoms with E-state index in [4.69, 9.17) is 22.3 Å². The second-order valence-corrected chi connectivity index (χ2v) is 9.46. The van der Waals surface area contributed by atoms with Gasteiger partial charge in [0.1, 0.15) is 11.7 Å². The number of nitriles is 1. The molecule has 0 radical (unpaired) electrons. The number of anilines is 1. The molecule has 35 heavy (non-hydrogen) atoms. The van der Waals surface area contributed by atoms with Gasteiger partial charge in [-0.05, 0) is 24.5 Å². The molecule has 1 saturated heterocycles. The number of fused-ring (bicyclic) bond motifs is 2. The van der Waals surface area contributed by atoms with E-state index in [2.05, 4.69) is 38.2 Å². The van der Waals surface area contributed by atoms with E-state index in [0.717, 1.165) is 40.4 Å². The van der Waals surface area contributed by atoms with Crippen LogP contribution in [0.15, 0.2) is 54.9 Å². The fraction of sp³-hybridized carbons (Fsp3) is 0.231. The largest absolute Gasteiger partial charge is 0.345 e. The number of hydrogen-bond donors (Lipinski definition) is 2. The Bertz CT molecular complexity index is 1600. The van der Waals surface area contributed by atoms with E-state index in [9.17, 15) is 5.26 Å². The summed E-state index contributed by atoms with van der Waals surface area (Å²) < 4.78 is 1.73. The van der Waals surface area contributed by atoms with Gasteiger partial charge in [-0.15, -0.1) is 0 Å². The van der Waals surface area contributed by atoms with Gasteiger partial charge in [-0.3, -0.25) is 4.68 Å². The van der Waals surface area contributed by atoms with Crippen molar-refractivity contribution in [2.45, 2.75) is 18.4 Å². The Kier molecular flexibility index (Phi) is 4.99. The Morgan fingerprint density at radius 1 is 1.09 bits per heavy atom. The molecule has 0 atom stereocenters. The van der Waals surface area contributed by atoms with E-state index in [1.165, 1.54) is 0 Å². The Morgan fingerprint density at radius 3 is 2.60 bits per heavy atom.